The fraction of sp³-hybridized carbons (Fsp3) is 0.222. The summed E-state index contributed by atoms with van der Waals surface area (Å²) in [5, 5.41) is 5.07. The van der Waals surface area contributed by atoms with Crippen molar-refractivity contribution in [2.75, 3.05) is 4.72 Å². The molecule has 0 aliphatic carbocycles. The zero-order chi connectivity index (χ0) is 19.4. The number of rotatable bonds is 7. The molecule has 0 bridgehead atoms. The lowest BCUT2D eigenvalue weighted by Gasteiger charge is -2.06. The average molecular weight is 425 g/mol. The second-order valence-corrected chi connectivity index (χ2v) is 8.51. The molecular weight excluding hydrogens is 407 g/mol. The zero-order valence-corrected chi connectivity index (χ0v) is 16.9. The summed E-state index contributed by atoms with van der Waals surface area (Å²) in [6, 6.07) is 12.0. The Morgan fingerprint density at radius 2 is 1.74 bits per heavy atom. The number of hydrogen-bond acceptors (Lipinski definition) is 4. The average Bonchev–Trinajstić information content (AvgIpc) is 3.05. The van der Waals surface area contributed by atoms with Crippen LogP contribution in [0.5, 0.6) is 0 Å². The van der Waals surface area contributed by atoms with E-state index < -0.39 is 10.0 Å². The molecular formula is C18H18Cl2N4O2S. The molecule has 3 aromatic rings. The molecule has 0 atom stereocenters. The van der Waals surface area contributed by atoms with E-state index in [1.165, 1.54) is 11.0 Å². The van der Waals surface area contributed by atoms with Crippen molar-refractivity contribution in [3.63, 3.8) is 0 Å². The van der Waals surface area contributed by atoms with Crippen LogP contribution in [0.1, 0.15) is 24.5 Å². The van der Waals surface area contributed by atoms with Gasteiger partial charge in [0.2, 0.25) is 0 Å². The van der Waals surface area contributed by atoms with Gasteiger partial charge in [-0.3, -0.25) is 0 Å². The Morgan fingerprint density at radius 3 is 2.41 bits per heavy atom. The third-order valence-corrected chi connectivity index (χ3v) is 5.95. The molecule has 1 heterocycles. The topological polar surface area (TPSA) is 76.9 Å². The normalized spacial score (nSPS) is 11.5. The van der Waals surface area contributed by atoms with Gasteiger partial charge < -0.3 is 0 Å². The Kier molecular flexibility index (Phi) is 6.04. The lowest BCUT2D eigenvalue weighted by atomic mass is 10.1. The van der Waals surface area contributed by atoms with Crippen LogP contribution in [0, 0.1) is 0 Å². The molecule has 0 spiro atoms. The quantitative estimate of drug-likeness (QED) is 0.609. The van der Waals surface area contributed by atoms with E-state index >= 15 is 0 Å². The van der Waals surface area contributed by atoms with Crippen molar-refractivity contribution in [2.45, 2.75) is 31.2 Å². The van der Waals surface area contributed by atoms with E-state index in [4.69, 9.17) is 23.2 Å². The number of aryl methyl sites for hydroxylation is 1. The molecule has 0 amide bonds. The smallest absolute Gasteiger partial charge is 0.246 e. The van der Waals surface area contributed by atoms with Crippen molar-refractivity contribution in [2.24, 2.45) is 0 Å². The molecule has 0 aliphatic rings. The van der Waals surface area contributed by atoms with Gasteiger partial charge in [0.15, 0.2) is 0 Å². The van der Waals surface area contributed by atoms with Crippen molar-refractivity contribution < 1.29 is 8.42 Å². The van der Waals surface area contributed by atoms with Gasteiger partial charge >= 0.3 is 0 Å². The summed E-state index contributed by atoms with van der Waals surface area (Å²) in [6.07, 6.45) is 3.36. The monoisotopic (exact) mass is 424 g/mol. The Labute approximate surface area is 168 Å². The maximum absolute atomic E-state index is 12.5. The van der Waals surface area contributed by atoms with Gasteiger partial charge in [-0.05, 0) is 41.8 Å². The first kappa shape index (κ1) is 19.7. The summed E-state index contributed by atoms with van der Waals surface area (Å²) in [7, 11) is -3.74. The number of nitrogens with zero attached hydrogens (tertiary/aromatic N) is 3. The molecule has 142 valence electrons. The first-order valence-corrected chi connectivity index (χ1v) is 10.6. The second kappa shape index (κ2) is 8.29. The minimum atomic E-state index is -3.74. The molecule has 1 N–H and O–H groups in total. The number of aromatic nitrogens is 3. The highest BCUT2D eigenvalue weighted by Crippen LogP contribution is 2.23. The highest BCUT2D eigenvalue weighted by molar-refractivity contribution is 7.92. The van der Waals surface area contributed by atoms with E-state index in [1.807, 2.05) is 18.2 Å². The molecule has 27 heavy (non-hydrogen) atoms. The van der Waals surface area contributed by atoms with Crippen LogP contribution in [-0.2, 0) is 23.0 Å². The molecule has 0 unspecified atom stereocenters. The van der Waals surface area contributed by atoms with Gasteiger partial charge in [-0.2, -0.15) is 4.98 Å². The summed E-state index contributed by atoms with van der Waals surface area (Å²) < 4.78 is 28.9. The molecule has 1 aromatic heterocycles. The first-order valence-electron chi connectivity index (χ1n) is 8.32. The van der Waals surface area contributed by atoms with Crippen LogP contribution in [0.4, 0.5) is 5.95 Å². The van der Waals surface area contributed by atoms with E-state index in [0.29, 0.717) is 16.6 Å². The Balaban J connectivity index is 1.71. The maximum atomic E-state index is 12.5. The van der Waals surface area contributed by atoms with Gasteiger partial charge in [0.05, 0.1) is 21.5 Å². The first-order chi connectivity index (χ1) is 12.9. The van der Waals surface area contributed by atoms with Crippen molar-refractivity contribution >= 4 is 39.2 Å². The molecule has 0 saturated carbocycles. The summed E-state index contributed by atoms with van der Waals surface area (Å²) in [4.78, 5) is 4.18. The summed E-state index contributed by atoms with van der Waals surface area (Å²) in [6.45, 7) is 2.46. The van der Waals surface area contributed by atoms with Crippen molar-refractivity contribution in [1.82, 2.24) is 14.8 Å². The number of anilines is 1. The van der Waals surface area contributed by atoms with E-state index in [1.54, 1.807) is 24.3 Å². The molecule has 2 aromatic carbocycles. The number of nitrogens with one attached hydrogen (secondary N) is 1. The number of sulfonamides is 1. The molecule has 0 radical (unpaired) electrons. The SMILES string of the molecule is CCCc1ccc(S(=O)(=O)Nc2ncn(Cc3ccc(Cl)c(Cl)c3)n2)cc1. The summed E-state index contributed by atoms with van der Waals surface area (Å²) >= 11 is 11.9. The van der Waals surface area contributed by atoms with E-state index in [9.17, 15) is 8.42 Å². The molecule has 0 fully saturated rings. The third-order valence-electron chi connectivity index (χ3n) is 3.86. The van der Waals surface area contributed by atoms with Gasteiger partial charge in [0.25, 0.3) is 16.0 Å². The predicted octanol–water partition coefficient (Wildman–Crippen LogP) is 4.39. The summed E-state index contributed by atoms with van der Waals surface area (Å²) in [5.74, 6) is 0.00713. The Morgan fingerprint density at radius 1 is 1.04 bits per heavy atom. The van der Waals surface area contributed by atoms with Crippen LogP contribution in [-0.4, -0.2) is 23.2 Å². The minimum Gasteiger partial charge on any atom is -0.246 e. The maximum Gasteiger partial charge on any atom is 0.264 e. The van der Waals surface area contributed by atoms with Crippen molar-refractivity contribution in [1.29, 1.82) is 0 Å². The molecule has 0 aliphatic heterocycles. The van der Waals surface area contributed by atoms with Crippen LogP contribution in [0.25, 0.3) is 0 Å². The largest absolute Gasteiger partial charge is 0.264 e. The highest BCUT2D eigenvalue weighted by Gasteiger charge is 2.16. The lowest BCUT2D eigenvalue weighted by Crippen LogP contribution is -2.14. The van der Waals surface area contributed by atoms with Crippen LogP contribution in [0.3, 0.4) is 0 Å². The summed E-state index contributed by atoms with van der Waals surface area (Å²) in [5.41, 5.74) is 1.97. The van der Waals surface area contributed by atoms with Gasteiger partial charge in [-0.15, -0.1) is 5.10 Å². The fourth-order valence-electron chi connectivity index (χ4n) is 2.55. The van der Waals surface area contributed by atoms with Gasteiger partial charge in [-0.1, -0.05) is 54.7 Å². The lowest BCUT2D eigenvalue weighted by molar-refractivity contribution is 0.600. The second-order valence-electron chi connectivity index (χ2n) is 6.01. The van der Waals surface area contributed by atoms with Gasteiger partial charge in [0.1, 0.15) is 6.33 Å². The molecule has 3 rings (SSSR count). The minimum absolute atomic E-state index is 0.00713. The van der Waals surface area contributed by atoms with E-state index in [2.05, 4.69) is 21.7 Å². The number of hydrogen-bond donors (Lipinski definition) is 1. The van der Waals surface area contributed by atoms with Gasteiger partial charge in [-0.25, -0.2) is 17.8 Å². The number of halogens is 2. The third kappa shape index (κ3) is 5.00. The van der Waals surface area contributed by atoms with Crippen molar-refractivity contribution in [3.8, 4) is 0 Å². The van der Waals surface area contributed by atoms with Gasteiger partial charge in [0, 0.05) is 0 Å². The Hall–Kier alpha value is -2.09. The van der Waals surface area contributed by atoms with E-state index in [0.717, 1.165) is 24.0 Å². The van der Waals surface area contributed by atoms with E-state index in [-0.39, 0.29) is 10.8 Å². The molecule has 9 heteroatoms. The van der Waals surface area contributed by atoms with Crippen LogP contribution < -0.4 is 4.72 Å². The molecule has 0 saturated heterocycles. The Bertz CT molecular complexity index is 1030. The standard InChI is InChI=1S/C18H18Cl2N4O2S/c1-2-3-13-4-7-15(8-5-13)27(25,26)23-18-21-12-24(22-18)11-14-6-9-16(19)17(20)10-14/h4-10,12H,2-3,11H2,1H3,(H,22,23). The predicted molar refractivity (Wildman–Crippen MR) is 107 cm³/mol. The van der Waals surface area contributed by atoms with Crippen molar-refractivity contribution in [3.05, 3.63) is 70.0 Å². The van der Waals surface area contributed by atoms with Crippen LogP contribution in [0.15, 0.2) is 53.7 Å². The zero-order valence-electron chi connectivity index (χ0n) is 14.6. The van der Waals surface area contributed by atoms with Crippen LogP contribution in [0.2, 0.25) is 10.0 Å². The number of benzene rings is 2. The fourth-order valence-corrected chi connectivity index (χ4v) is 3.81. The highest BCUT2D eigenvalue weighted by atomic mass is 35.5. The molecule has 6 nitrogen and oxygen atoms in total. The van der Waals surface area contributed by atoms with Crippen LogP contribution >= 0.6 is 23.2 Å².